The smallest absolute Gasteiger partial charge is 0.312 e. The van der Waals surface area contributed by atoms with Crippen LogP contribution >= 0.6 is 0 Å². The van der Waals surface area contributed by atoms with Crippen molar-refractivity contribution in [3.05, 3.63) is 12.3 Å². The third kappa shape index (κ3) is 12.6. The Balaban J connectivity index is 0.000000443. The number of hydrogen-bond donors (Lipinski definition) is 2. The Kier molecular flexibility index (Phi) is 10.4. The summed E-state index contributed by atoms with van der Waals surface area (Å²) in [5, 5.41) is 2.41. The summed E-state index contributed by atoms with van der Waals surface area (Å²) in [4.78, 5) is 20.4. The Hall–Kier alpha value is -1.69. The fraction of sp³-hybridized carbons (Fsp3) is 0.615. The van der Waals surface area contributed by atoms with Gasteiger partial charge in [-0.1, -0.05) is 6.08 Å². The SMILES string of the molecule is C/C=C\N=CN=C(C)CNC(N)=O.CN1CCCC1. The number of rotatable bonds is 4. The molecule has 1 fully saturated rings. The zero-order valence-electron chi connectivity index (χ0n) is 12.1. The van der Waals surface area contributed by atoms with Gasteiger partial charge in [-0.3, -0.25) is 0 Å². The Morgan fingerprint density at radius 2 is 2.05 bits per heavy atom. The number of amides is 2. The molecule has 6 nitrogen and oxygen atoms in total. The first-order valence-electron chi connectivity index (χ1n) is 6.44. The highest BCUT2D eigenvalue weighted by Gasteiger charge is 2.03. The van der Waals surface area contributed by atoms with Crippen LogP contribution in [-0.2, 0) is 0 Å². The molecule has 1 saturated heterocycles. The van der Waals surface area contributed by atoms with Crippen LogP contribution in [0, 0.1) is 0 Å². The van der Waals surface area contributed by atoms with E-state index in [-0.39, 0.29) is 0 Å². The van der Waals surface area contributed by atoms with Gasteiger partial charge in [-0.15, -0.1) is 0 Å². The lowest BCUT2D eigenvalue weighted by Gasteiger charge is -2.01. The van der Waals surface area contributed by atoms with Crippen LogP contribution < -0.4 is 11.1 Å². The molecule has 0 unspecified atom stereocenters. The highest BCUT2D eigenvalue weighted by atomic mass is 16.2. The number of hydrogen-bond acceptors (Lipinski definition) is 3. The van der Waals surface area contributed by atoms with Gasteiger partial charge in [0.25, 0.3) is 0 Å². The lowest BCUT2D eigenvalue weighted by atomic mass is 10.4. The molecular weight excluding hydrogens is 242 g/mol. The van der Waals surface area contributed by atoms with Crippen molar-refractivity contribution in [3.63, 3.8) is 0 Å². The van der Waals surface area contributed by atoms with Crippen molar-refractivity contribution >= 4 is 18.1 Å². The Bertz CT molecular complexity index is 330. The third-order valence-electron chi connectivity index (χ3n) is 2.43. The summed E-state index contributed by atoms with van der Waals surface area (Å²) in [6, 6.07) is -0.556. The van der Waals surface area contributed by atoms with E-state index in [1.54, 1.807) is 19.2 Å². The number of urea groups is 1. The second-order valence-corrected chi connectivity index (χ2v) is 4.34. The Morgan fingerprint density at radius 3 is 2.47 bits per heavy atom. The van der Waals surface area contributed by atoms with Crippen LogP contribution in [0.1, 0.15) is 26.7 Å². The average molecular weight is 267 g/mol. The lowest BCUT2D eigenvalue weighted by molar-refractivity contribution is 0.250. The number of carbonyl (C=O) groups is 1. The molecule has 0 radical (unpaired) electrons. The number of primary amides is 1. The standard InChI is InChI=1S/C8H14N4O.C5H11N/c1-3-4-10-6-12-7(2)5-11-8(9)13;1-6-4-2-3-5-6/h3-4,6H,5H2,1-2H3,(H3,9,11,13);2-5H2,1H3/b4-3-,10-6?,12-7?;. The maximum absolute atomic E-state index is 10.3. The summed E-state index contributed by atoms with van der Waals surface area (Å²) < 4.78 is 0. The van der Waals surface area contributed by atoms with Gasteiger partial charge in [0.1, 0.15) is 6.34 Å². The maximum Gasteiger partial charge on any atom is 0.312 e. The fourth-order valence-corrected chi connectivity index (χ4v) is 1.39. The van der Waals surface area contributed by atoms with Gasteiger partial charge in [-0.05, 0) is 46.8 Å². The van der Waals surface area contributed by atoms with Crippen LogP contribution in [0.3, 0.4) is 0 Å². The molecule has 0 saturated carbocycles. The van der Waals surface area contributed by atoms with E-state index >= 15 is 0 Å². The van der Waals surface area contributed by atoms with Crippen molar-refractivity contribution < 1.29 is 4.79 Å². The molecule has 0 atom stereocenters. The molecule has 0 aromatic heterocycles. The summed E-state index contributed by atoms with van der Waals surface area (Å²) in [6.45, 7) is 6.62. The number of allylic oxidation sites excluding steroid dienone is 1. The Morgan fingerprint density at radius 1 is 1.42 bits per heavy atom. The largest absolute Gasteiger partial charge is 0.352 e. The van der Waals surface area contributed by atoms with E-state index in [1.165, 1.54) is 32.3 Å². The van der Waals surface area contributed by atoms with Gasteiger partial charge in [0.2, 0.25) is 0 Å². The number of likely N-dealkylation sites (tertiary alicyclic amines) is 1. The number of nitrogens with zero attached hydrogens (tertiary/aromatic N) is 3. The molecule has 0 bridgehead atoms. The molecule has 1 heterocycles. The second-order valence-electron chi connectivity index (χ2n) is 4.34. The van der Waals surface area contributed by atoms with Gasteiger partial charge in [0.15, 0.2) is 0 Å². The molecule has 6 heteroatoms. The Labute approximate surface area is 115 Å². The summed E-state index contributed by atoms with van der Waals surface area (Å²) in [5.74, 6) is 0. The number of aliphatic imine (C=N–C) groups is 2. The molecular formula is C13H25N5O. The quantitative estimate of drug-likeness (QED) is 0.596. The van der Waals surface area contributed by atoms with Crippen molar-refractivity contribution in [2.75, 3.05) is 26.7 Å². The predicted octanol–water partition coefficient (Wildman–Crippen LogP) is 1.39. The monoisotopic (exact) mass is 267 g/mol. The normalized spacial score (nSPS) is 16.7. The minimum atomic E-state index is -0.556. The van der Waals surface area contributed by atoms with Crippen molar-refractivity contribution in [3.8, 4) is 0 Å². The highest BCUT2D eigenvalue weighted by Crippen LogP contribution is 2.02. The maximum atomic E-state index is 10.3. The molecule has 1 rings (SSSR count). The average Bonchev–Trinajstić information content (AvgIpc) is 2.84. The van der Waals surface area contributed by atoms with E-state index in [2.05, 4.69) is 27.2 Å². The van der Waals surface area contributed by atoms with Crippen LogP contribution in [0.5, 0.6) is 0 Å². The van der Waals surface area contributed by atoms with Gasteiger partial charge < -0.3 is 16.0 Å². The number of nitrogens with one attached hydrogen (secondary N) is 1. The number of nitrogens with two attached hydrogens (primary N) is 1. The minimum Gasteiger partial charge on any atom is -0.352 e. The van der Waals surface area contributed by atoms with E-state index in [9.17, 15) is 4.79 Å². The molecule has 0 aromatic carbocycles. The molecule has 2 amide bonds. The van der Waals surface area contributed by atoms with Gasteiger partial charge in [0.05, 0.1) is 6.54 Å². The summed E-state index contributed by atoms with van der Waals surface area (Å²) in [6.07, 6.45) is 7.66. The summed E-state index contributed by atoms with van der Waals surface area (Å²) in [7, 11) is 2.17. The molecule has 1 aliphatic rings. The second kappa shape index (κ2) is 11.4. The van der Waals surface area contributed by atoms with Crippen molar-refractivity contribution in [2.24, 2.45) is 15.7 Å². The summed E-state index contributed by atoms with van der Waals surface area (Å²) in [5.41, 5.74) is 5.61. The van der Waals surface area contributed by atoms with E-state index < -0.39 is 6.03 Å². The van der Waals surface area contributed by atoms with E-state index in [0.29, 0.717) is 6.54 Å². The first kappa shape index (κ1) is 17.3. The molecule has 0 spiro atoms. The fourth-order valence-electron chi connectivity index (χ4n) is 1.39. The van der Waals surface area contributed by atoms with Gasteiger partial charge >= 0.3 is 6.03 Å². The van der Waals surface area contributed by atoms with E-state index in [0.717, 1.165) is 5.71 Å². The van der Waals surface area contributed by atoms with E-state index in [1.807, 2.05) is 6.92 Å². The molecule has 3 N–H and O–H groups in total. The lowest BCUT2D eigenvalue weighted by Crippen LogP contribution is -2.33. The third-order valence-corrected chi connectivity index (χ3v) is 2.43. The van der Waals surface area contributed by atoms with Crippen LogP contribution in [0.2, 0.25) is 0 Å². The topological polar surface area (TPSA) is 83.1 Å². The van der Waals surface area contributed by atoms with Crippen LogP contribution in [0.25, 0.3) is 0 Å². The predicted molar refractivity (Wildman–Crippen MR) is 80.7 cm³/mol. The van der Waals surface area contributed by atoms with Gasteiger partial charge in [0, 0.05) is 11.9 Å². The van der Waals surface area contributed by atoms with Gasteiger partial charge in [-0.2, -0.15) is 0 Å². The first-order valence-corrected chi connectivity index (χ1v) is 6.44. The number of carbonyl (C=O) groups excluding carboxylic acids is 1. The van der Waals surface area contributed by atoms with Crippen molar-refractivity contribution in [1.82, 2.24) is 10.2 Å². The molecule has 0 aliphatic carbocycles. The van der Waals surface area contributed by atoms with Gasteiger partial charge in [-0.25, -0.2) is 14.8 Å². The zero-order valence-corrected chi connectivity index (χ0v) is 12.1. The van der Waals surface area contributed by atoms with E-state index in [4.69, 9.17) is 5.73 Å². The first-order chi connectivity index (χ1) is 9.06. The van der Waals surface area contributed by atoms with Crippen molar-refractivity contribution in [1.29, 1.82) is 0 Å². The van der Waals surface area contributed by atoms with Crippen molar-refractivity contribution in [2.45, 2.75) is 26.7 Å². The minimum absolute atomic E-state index is 0.344. The van der Waals surface area contributed by atoms with Crippen LogP contribution in [0.15, 0.2) is 22.3 Å². The molecule has 108 valence electrons. The van der Waals surface area contributed by atoms with Crippen LogP contribution in [-0.4, -0.2) is 49.7 Å². The zero-order chi connectivity index (χ0) is 14.5. The molecule has 1 aliphatic heterocycles. The molecule has 0 aromatic rings. The summed E-state index contributed by atoms with van der Waals surface area (Å²) >= 11 is 0. The highest BCUT2D eigenvalue weighted by molar-refractivity contribution is 5.92. The molecule has 19 heavy (non-hydrogen) atoms. The van der Waals surface area contributed by atoms with Crippen LogP contribution in [0.4, 0.5) is 4.79 Å².